The number of aromatic nitrogens is 1. The van der Waals surface area contributed by atoms with E-state index in [1.807, 2.05) is 7.05 Å². The largest absolute Gasteiger partial charge is 0.483 e. The molecule has 0 unspecified atom stereocenters. The number of ether oxygens (including phenoxy) is 1. The second kappa shape index (κ2) is 5.65. The molecule has 21 heavy (non-hydrogen) atoms. The highest BCUT2D eigenvalue weighted by molar-refractivity contribution is 5.90. The van der Waals surface area contributed by atoms with Crippen molar-refractivity contribution in [3.05, 3.63) is 40.6 Å². The van der Waals surface area contributed by atoms with Crippen LogP contribution in [0, 0.1) is 16.0 Å². The van der Waals surface area contributed by atoms with Gasteiger partial charge >= 0.3 is 5.69 Å². The first kappa shape index (κ1) is 13.8. The van der Waals surface area contributed by atoms with E-state index >= 15 is 0 Å². The standard InChI is InChI=1S/C15H17N3O3/c1-16-9-10-7-11(8-10)21-14-5-4-13-12(3-2-6-17-13)15(14)18(19)20/h2-6,10-11,16H,7-9H2,1H3. The molecule has 2 aromatic rings. The minimum atomic E-state index is -0.386. The number of pyridine rings is 1. The smallest absolute Gasteiger partial charge is 0.320 e. The lowest BCUT2D eigenvalue weighted by molar-refractivity contribution is -0.384. The summed E-state index contributed by atoms with van der Waals surface area (Å²) >= 11 is 0. The summed E-state index contributed by atoms with van der Waals surface area (Å²) in [5, 5.41) is 15.0. The third kappa shape index (κ3) is 2.67. The number of hydrogen-bond acceptors (Lipinski definition) is 5. The Labute approximate surface area is 122 Å². The van der Waals surface area contributed by atoms with E-state index in [0.29, 0.717) is 22.6 Å². The van der Waals surface area contributed by atoms with Gasteiger partial charge in [-0.3, -0.25) is 15.1 Å². The fraction of sp³-hybridized carbons (Fsp3) is 0.400. The van der Waals surface area contributed by atoms with Crippen LogP contribution in [0.5, 0.6) is 5.75 Å². The number of nitrogens with zero attached hydrogens (tertiary/aromatic N) is 2. The van der Waals surface area contributed by atoms with E-state index in [4.69, 9.17) is 4.74 Å². The molecular formula is C15H17N3O3. The van der Waals surface area contributed by atoms with Crippen molar-refractivity contribution in [2.24, 2.45) is 5.92 Å². The molecule has 0 atom stereocenters. The van der Waals surface area contributed by atoms with E-state index in [0.717, 1.165) is 19.4 Å². The highest BCUT2D eigenvalue weighted by Crippen LogP contribution is 2.38. The van der Waals surface area contributed by atoms with Gasteiger partial charge in [-0.15, -0.1) is 0 Å². The Kier molecular flexibility index (Phi) is 3.70. The average molecular weight is 287 g/mol. The molecule has 6 heteroatoms. The number of nitro groups is 1. The molecule has 110 valence electrons. The van der Waals surface area contributed by atoms with Gasteiger partial charge in [0.15, 0.2) is 5.75 Å². The van der Waals surface area contributed by atoms with Crippen LogP contribution >= 0.6 is 0 Å². The van der Waals surface area contributed by atoms with Crippen LogP contribution in [0.2, 0.25) is 0 Å². The molecule has 3 rings (SSSR count). The fourth-order valence-electron chi connectivity index (χ4n) is 2.81. The molecule has 6 nitrogen and oxygen atoms in total. The van der Waals surface area contributed by atoms with E-state index in [2.05, 4.69) is 10.3 Å². The Balaban J connectivity index is 1.85. The quantitative estimate of drug-likeness (QED) is 0.675. The van der Waals surface area contributed by atoms with E-state index in [1.165, 1.54) is 0 Å². The molecule has 0 bridgehead atoms. The molecule has 1 aromatic carbocycles. The zero-order chi connectivity index (χ0) is 14.8. The van der Waals surface area contributed by atoms with Crippen LogP contribution < -0.4 is 10.1 Å². The summed E-state index contributed by atoms with van der Waals surface area (Å²) in [5.41, 5.74) is 0.621. The number of nitro benzene ring substituents is 1. The molecule has 1 aliphatic carbocycles. The van der Waals surface area contributed by atoms with Gasteiger partial charge in [0, 0.05) is 6.20 Å². The Hall–Kier alpha value is -2.21. The molecule has 1 aromatic heterocycles. The summed E-state index contributed by atoms with van der Waals surface area (Å²) in [4.78, 5) is 15.1. The molecular weight excluding hydrogens is 270 g/mol. The summed E-state index contributed by atoms with van der Waals surface area (Å²) < 4.78 is 5.83. The van der Waals surface area contributed by atoms with Crippen molar-refractivity contribution in [2.75, 3.05) is 13.6 Å². The van der Waals surface area contributed by atoms with Gasteiger partial charge < -0.3 is 10.1 Å². The summed E-state index contributed by atoms with van der Waals surface area (Å²) in [5.74, 6) is 0.939. The van der Waals surface area contributed by atoms with Gasteiger partial charge in [-0.2, -0.15) is 0 Å². The Bertz CT molecular complexity index is 668. The van der Waals surface area contributed by atoms with Crippen molar-refractivity contribution in [1.82, 2.24) is 10.3 Å². The molecule has 1 N–H and O–H groups in total. The summed E-state index contributed by atoms with van der Waals surface area (Å²) in [6.45, 7) is 0.962. The number of rotatable bonds is 5. The van der Waals surface area contributed by atoms with Gasteiger partial charge in [-0.1, -0.05) is 0 Å². The molecule has 0 saturated heterocycles. The molecule has 0 amide bonds. The van der Waals surface area contributed by atoms with Crippen LogP contribution in [0.4, 0.5) is 5.69 Å². The van der Waals surface area contributed by atoms with Crippen molar-refractivity contribution in [3.63, 3.8) is 0 Å². The number of benzene rings is 1. The van der Waals surface area contributed by atoms with E-state index in [9.17, 15) is 10.1 Å². The van der Waals surface area contributed by atoms with E-state index < -0.39 is 0 Å². The third-order valence-electron chi connectivity index (χ3n) is 3.88. The van der Waals surface area contributed by atoms with E-state index in [-0.39, 0.29) is 16.7 Å². The van der Waals surface area contributed by atoms with Gasteiger partial charge in [0.2, 0.25) is 0 Å². The minimum Gasteiger partial charge on any atom is -0.483 e. The molecule has 0 aliphatic heterocycles. The maximum Gasteiger partial charge on any atom is 0.320 e. The second-order valence-electron chi connectivity index (χ2n) is 5.37. The predicted octanol–water partition coefficient (Wildman–Crippen LogP) is 2.52. The predicted molar refractivity (Wildman–Crippen MR) is 79.5 cm³/mol. The maximum absolute atomic E-state index is 11.4. The number of nitrogens with one attached hydrogen (secondary N) is 1. The van der Waals surface area contributed by atoms with Crippen LogP contribution in [0.3, 0.4) is 0 Å². The van der Waals surface area contributed by atoms with Gasteiger partial charge in [-0.25, -0.2) is 0 Å². The monoisotopic (exact) mass is 287 g/mol. The second-order valence-corrected chi connectivity index (χ2v) is 5.37. The Morgan fingerprint density at radius 3 is 2.95 bits per heavy atom. The summed E-state index contributed by atoms with van der Waals surface area (Å²) in [7, 11) is 1.93. The Morgan fingerprint density at radius 2 is 2.24 bits per heavy atom. The highest BCUT2D eigenvalue weighted by atomic mass is 16.6. The highest BCUT2D eigenvalue weighted by Gasteiger charge is 2.32. The summed E-state index contributed by atoms with van der Waals surface area (Å²) in [6.07, 6.45) is 3.56. The van der Waals surface area contributed by atoms with Crippen LogP contribution in [-0.4, -0.2) is 29.6 Å². The van der Waals surface area contributed by atoms with Crippen molar-refractivity contribution in [2.45, 2.75) is 18.9 Å². The fourth-order valence-corrected chi connectivity index (χ4v) is 2.81. The lowest BCUT2D eigenvalue weighted by atomic mass is 9.82. The molecule has 1 saturated carbocycles. The first-order valence-electron chi connectivity index (χ1n) is 7.02. The van der Waals surface area contributed by atoms with Crippen LogP contribution in [-0.2, 0) is 0 Å². The van der Waals surface area contributed by atoms with Crippen molar-refractivity contribution in [1.29, 1.82) is 0 Å². The molecule has 0 spiro atoms. The van der Waals surface area contributed by atoms with E-state index in [1.54, 1.807) is 30.5 Å². The molecule has 1 fully saturated rings. The summed E-state index contributed by atoms with van der Waals surface area (Å²) in [6, 6.07) is 6.82. The molecule has 1 aliphatic rings. The van der Waals surface area contributed by atoms with Crippen LogP contribution in [0.25, 0.3) is 10.9 Å². The lowest BCUT2D eigenvalue weighted by Crippen LogP contribution is -2.38. The minimum absolute atomic E-state index is 0.0117. The molecule has 0 radical (unpaired) electrons. The SMILES string of the molecule is CNCC1CC(Oc2ccc3ncccc3c2[N+](=O)[O-])C1. The first-order valence-corrected chi connectivity index (χ1v) is 7.02. The van der Waals surface area contributed by atoms with Gasteiger partial charge in [0.05, 0.1) is 21.9 Å². The number of fused-ring (bicyclic) bond motifs is 1. The van der Waals surface area contributed by atoms with Gasteiger partial charge in [0.1, 0.15) is 0 Å². The number of hydrogen-bond donors (Lipinski definition) is 1. The van der Waals surface area contributed by atoms with Crippen molar-refractivity contribution < 1.29 is 9.66 Å². The Morgan fingerprint density at radius 1 is 1.43 bits per heavy atom. The average Bonchev–Trinajstić information content (AvgIpc) is 2.44. The van der Waals surface area contributed by atoms with Crippen molar-refractivity contribution in [3.8, 4) is 5.75 Å². The van der Waals surface area contributed by atoms with Crippen LogP contribution in [0.15, 0.2) is 30.5 Å². The lowest BCUT2D eigenvalue weighted by Gasteiger charge is -2.35. The third-order valence-corrected chi connectivity index (χ3v) is 3.88. The van der Waals surface area contributed by atoms with Crippen LogP contribution in [0.1, 0.15) is 12.8 Å². The van der Waals surface area contributed by atoms with Gasteiger partial charge in [-0.05, 0) is 56.6 Å². The molecule has 1 heterocycles. The first-order chi connectivity index (χ1) is 10.2. The van der Waals surface area contributed by atoms with Gasteiger partial charge in [0.25, 0.3) is 0 Å². The zero-order valence-corrected chi connectivity index (χ0v) is 11.8. The van der Waals surface area contributed by atoms with Crippen molar-refractivity contribution >= 4 is 16.6 Å². The zero-order valence-electron chi connectivity index (χ0n) is 11.8. The maximum atomic E-state index is 11.4. The normalized spacial score (nSPS) is 21.0. The topological polar surface area (TPSA) is 77.3 Å².